The highest BCUT2D eigenvalue weighted by molar-refractivity contribution is 5.87. The van der Waals surface area contributed by atoms with Crippen molar-refractivity contribution < 1.29 is 4.74 Å². The van der Waals surface area contributed by atoms with Crippen LogP contribution in [0.4, 0.5) is 0 Å². The van der Waals surface area contributed by atoms with Crippen LogP contribution in [0.15, 0.2) is 66.7 Å². The molecule has 0 aliphatic heterocycles. The van der Waals surface area contributed by atoms with Crippen LogP contribution in [0.2, 0.25) is 0 Å². The Hall–Kier alpha value is -2.03. The van der Waals surface area contributed by atoms with Gasteiger partial charge in [0.2, 0.25) is 0 Å². The van der Waals surface area contributed by atoms with Gasteiger partial charge >= 0.3 is 0 Å². The minimum Gasteiger partial charge on any atom is -0.494 e. The molecule has 1 N–H and O–H groups in total. The van der Waals surface area contributed by atoms with E-state index in [9.17, 15) is 0 Å². The van der Waals surface area contributed by atoms with Crippen molar-refractivity contribution in [2.75, 3.05) is 6.61 Å². The summed E-state index contributed by atoms with van der Waals surface area (Å²) in [6.07, 6.45) is 0. The average Bonchev–Trinajstić information content (AvgIpc) is 2.57. The third kappa shape index (κ3) is 4.25. The minimum atomic E-state index is 0. The SMILES string of the molecule is CCOc1ccc2ccccc2c1CNCc1ccccc1.Cl. The Kier molecular flexibility index (Phi) is 6.45. The molecule has 0 saturated heterocycles. The number of benzene rings is 3. The number of hydrogen-bond acceptors (Lipinski definition) is 2. The zero-order valence-corrected chi connectivity index (χ0v) is 14.1. The summed E-state index contributed by atoms with van der Waals surface area (Å²) in [6, 6.07) is 23.1. The van der Waals surface area contributed by atoms with E-state index in [2.05, 4.69) is 66.0 Å². The lowest BCUT2D eigenvalue weighted by molar-refractivity contribution is 0.336. The molecule has 0 aromatic heterocycles. The van der Waals surface area contributed by atoms with Crippen molar-refractivity contribution in [3.05, 3.63) is 77.9 Å². The van der Waals surface area contributed by atoms with Crippen molar-refractivity contribution in [3.63, 3.8) is 0 Å². The number of rotatable bonds is 6. The standard InChI is InChI=1S/C20H21NO.ClH/c1-2-22-20-13-12-17-10-6-7-11-18(17)19(20)15-21-14-16-8-4-3-5-9-16;/h3-13,21H,2,14-15H2,1H3;1H. The van der Waals surface area contributed by atoms with Crippen molar-refractivity contribution in [2.24, 2.45) is 0 Å². The molecule has 0 atom stereocenters. The summed E-state index contributed by atoms with van der Waals surface area (Å²) in [7, 11) is 0. The zero-order chi connectivity index (χ0) is 15.2. The highest BCUT2D eigenvalue weighted by Gasteiger charge is 2.08. The van der Waals surface area contributed by atoms with Crippen LogP contribution in [0.25, 0.3) is 10.8 Å². The van der Waals surface area contributed by atoms with E-state index in [0.717, 1.165) is 18.8 Å². The first-order valence-electron chi connectivity index (χ1n) is 7.76. The van der Waals surface area contributed by atoms with Gasteiger partial charge in [-0.15, -0.1) is 12.4 Å². The molecule has 120 valence electrons. The highest BCUT2D eigenvalue weighted by atomic mass is 35.5. The third-order valence-corrected chi connectivity index (χ3v) is 3.77. The first kappa shape index (κ1) is 17.3. The van der Waals surface area contributed by atoms with E-state index in [1.54, 1.807) is 0 Å². The molecule has 0 heterocycles. The van der Waals surface area contributed by atoms with E-state index in [4.69, 9.17) is 4.74 Å². The summed E-state index contributed by atoms with van der Waals surface area (Å²) in [5, 5.41) is 6.04. The molecule has 0 aliphatic carbocycles. The van der Waals surface area contributed by atoms with E-state index in [1.165, 1.54) is 21.9 Å². The maximum absolute atomic E-state index is 5.81. The Morgan fingerprint density at radius 3 is 2.35 bits per heavy atom. The average molecular weight is 328 g/mol. The molecular weight excluding hydrogens is 306 g/mol. The van der Waals surface area contributed by atoms with Gasteiger partial charge in [-0.25, -0.2) is 0 Å². The molecule has 0 spiro atoms. The summed E-state index contributed by atoms with van der Waals surface area (Å²) < 4.78 is 5.81. The summed E-state index contributed by atoms with van der Waals surface area (Å²) >= 11 is 0. The minimum absolute atomic E-state index is 0. The summed E-state index contributed by atoms with van der Waals surface area (Å²) in [4.78, 5) is 0. The smallest absolute Gasteiger partial charge is 0.124 e. The van der Waals surface area contributed by atoms with Gasteiger partial charge in [-0.05, 0) is 29.3 Å². The van der Waals surface area contributed by atoms with Gasteiger partial charge in [0.15, 0.2) is 0 Å². The molecule has 2 nitrogen and oxygen atoms in total. The van der Waals surface area contributed by atoms with Gasteiger partial charge in [-0.3, -0.25) is 0 Å². The van der Waals surface area contributed by atoms with Crippen molar-refractivity contribution >= 4 is 23.2 Å². The Morgan fingerprint density at radius 2 is 1.57 bits per heavy atom. The van der Waals surface area contributed by atoms with E-state index >= 15 is 0 Å². The van der Waals surface area contributed by atoms with Crippen LogP contribution in [-0.4, -0.2) is 6.61 Å². The molecule has 0 amide bonds. The van der Waals surface area contributed by atoms with Gasteiger partial charge in [-0.2, -0.15) is 0 Å². The van der Waals surface area contributed by atoms with Gasteiger partial charge in [0.1, 0.15) is 5.75 Å². The molecule has 3 aromatic rings. The molecule has 3 heteroatoms. The normalized spacial score (nSPS) is 10.3. The van der Waals surface area contributed by atoms with Crippen LogP contribution in [0.3, 0.4) is 0 Å². The number of ether oxygens (including phenoxy) is 1. The second-order valence-corrected chi connectivity index (χ2v) is 5.29. The number of nitrogens with one attached hydrogen (secondary N) is 1. The maximum atomic E-state index is 5.81. The van der Waals surface area contributed by atoms with E-state index < -0.39 is 0 Å². The van der Waals surface area contributed by atoms with Crippen LogP contribution in [0.1, 0.15) is 18.1 Å². The van der Waals surface area contributed by atoms with Gasteiger partial charge in [0, 0.05) is 18.7 Å². The topological polar surface area (TPSA) is 21.3 Å². The Morgan fingerprint density at radius 1 is 0.826 bits per heavy atom. The van der Waals surface area contributed by atoms with Crippen molar-refractivity contribution in [1.29, 1.82) is 0 Å². The Labute approximate surface area is 143 Å². The van der Waals surface area contributed by atoms with Crippen LogP contribution >= 0.6 is 12.4 Å². The highest BCUT2D eigenvalue weighted by Crippen LogP contribution is 2.28. The molecule has 0 aliphatic rings. The van der Waals surface area contributed by atoms with E-state index in [1.807, 2.05) is 13.0 Å². The monoisotopic (exact) mass is 327 g/mol. The van der Waals surface area contributed by atoms with E-state index in [0.29, 0.717) is 6.61 Å². The Balaban J connectivity index is 0.00000192. The lowest BCUT2D eigenvalue weighted by atomic mass is 10.0. The van der Waals surface area contributed by atoms with Crippen molar-refractivity contribution in [3.8, 4) is 5.75 Å². The number of fused-ring (bicyclic) bond motifs is 1. The summed E-state index contributed by atoms with van der Waals surface area (Å²) in [5.41, 5.74) is 2.52. The Bertz CT molecular complexity index is 743. The second-order valence-electron chi connectivity index (χ2n) is 5.29. The van der Waals surface area contributed by atoms with Gasteiger partial charge < -0.3 is 10.1 Å². The predicted molar refractivity (Wildman–Crippen MR) is 99.4 cm³/mol. The van der Waals surface area contributed by atoms with Gasteiger partial charge in [0.05, 0.1) is 6.61 Å². The fraction of sp³-hybridized carbons (Fsp3) is 0.200. The predicted octanol–water partition coefficient (Wildman–Crippen LogP) is 4.95. The van der Waals surface area contributed by atoms with Crippen LogP contribution in [-0.2, 0) is 13.1 Å². The lowest BCUT2D eigenvalue weighted by Crippen LogP contribution is -2.14. The number of hydrogen-bond donors (Lipinski definition) is 1. The first-order chi connectivity index (χ1) is 10.9. The van der Waals surface area contributed by atoms with Gasteiger partial charge in [-0.1, -0.05) is 60.7 Å². The summed E-state index contributed by atoms with van der Waals surface area (Å²) in [5.74, 6) is 0.974. The van der Waals surface area contributed by atoms with Gasteiger partial charge in [0.25, 0.3) is 0 Å². The molecule has 0 radical (unpaired) electrons. The molecular formula is C20H22ClNO. The fourth-order valence-corrected chi connectivity index (χ4v) is 2.72. The quantitative estimate of drug-likeness (QED) is 0.691. The molecule has 23 heavy (non-hydrogen) atoms. The fourth-order valence-electron chi connectivity index (χ4n) is 2.72. The zero-order valence-electron chi connectivity index (χ0n) is 13.3. The second kappa shape index (κ2) is 8.56. The first-order valence-corrected chi connectivity index (χ1v) is 7.76. The van der Waals surface area contributed by atoms with Crippen molar-refractivity contribution in [2.45, 2.75) is 20.0 Å². The molecule has 0 unspecified atom stereocenters. The summed E-state index contributed by atoms with van der Waals surface area (Å²) in [6.45, 7) is 4.36. The van der Waals surface area contributed by atoms with Crippen LogP contribution in [0.5, 0.6) is 5.75 Å². The molecule has 0 bridgehead atoms. The molecule has 0 fully saturated rings. The van der Waals surface area contributed by atoms with Crippen LogP contribution in [0, 0.1) is 0 Å². The van der Waals surface area contributed by atoms with E-state index in [-0.39, 0.29) is 12.4 Å². The lowest BCUT2D eigenvalue weighted by Gasteiger charge is -2.14. The third-order valence-electron chi connectivity index (χ3n) is 3.77. The number of halogens is 1. The van der Waals surface area contributed by atoms with Crippen LogP contribution < -0.4 is 10.1 Å². The molecule has 3 aromatic carbocycles. The van der Waals surface area contributed by atoms with Crippen molar-refractivity contribution in [1.82, 2.24) is 5.32 Å². The molecule has 3 rings (SSSR count). The maximum Gasteiger partial charge on any atom is 0.124 e. The molecule has 0 saturated carbocycles. The largest absolute Gasteiger partial charge is 0.494 e.